The van der Waals surface area contributed by atoms with E-state index in [4.69, 9.17) is 20.0 Å². The van der Waals surface area contributed by atoms with Crippen LogP contribution in [0.4, 0.5) is 0 Å². The summed E-state index contributed by atoms with van der Waals surface area (Å²) in [5.74, 6) is 0. The van der Waals surface area contributed by atoms with Crippen LogP contribution in [0.3, 0.4) is 0 Å². The molecule has 6 aromatic rings. The summed E-state index contributed by atoms with van der Waals surface area (Å²) >= 11 is 3.65. The number of fused-ring (bicyclic) bond motifs is 10. The Labute approximate surface area is 333 Å². The van der Waals surface area contributed by atoms with Crippen LogP contribution in [0.25, 0.3) is 44.8 Å². The van der Waals surface area contributed by atoms with Crippen molar-refractivity contribution in [3.8, 4) is 44.8 Å². The molecule has 2 aliphatic heterocycles. The van der Waals surface area contributed by atoms with Gasteiger partial charge in [0.2, 0.25) is 0 Å². The van der Waals surface area contributed by atoms with E-state index in [-0.39, 0.29) is 20.6 Å². The molecule has 272 valence electrons. The molecule has 0 amide bonds. The Kier molecular flexibility index (Phi) is 7.33. The summed E-state index contributed by atoms with van der Waals surface area (Å²) in [5.41, 5.74) is 15.4. The number of rotatable bonds is 4. The first-order valence-electron chi connectivity index (χ1n) is 19.2. The van der Waals surface area contributed by atoms with Crippen molar-refractivity contribution in [3.63, 3.8) is 0 Å². The minimum Gasteiger partial charge on any atom is -0.269 e. The number of benzene rings is 4. The van der Waals surface area contributed by atoms with Gasteiger partial charge in [-0.2, -0.15) is 0 Å². The number of aromatic nitrogens is 2. The van der Waals surface area contributed by atoms with Gasteiger partial charge in [0.15, 0.2) is 0 Å². The summed E-state index contributed by atoms with van der Waals surface area (Å²) in [6.07, 6.45) is 0. The topological polar surface area (TPSA) is 50.5 Å². The molecule has 4 aliphatic rings. The standard InChI is InChI=1S/C49H44N4S2/c1-45(2)47(5,6)54-43(52-45)41-21-13-19-39(50-41)29-23-25-33-34-26-24-30(40-20-14-22-42(51-40)44-53-46(3,4)48(7,8)55-44)28-38(34)49(37(33)27-29)35-17-11-9-15-31(35)32-16-10-12-18-36(32)49/h9-28H,1-8H3. The highest BCUT2D eigenvalue weighted by molar-refractivity contribution is 8.16. The first kappa shape index (κ1) is 34.7. The van der Waals surface area contributed by atoms with Gasteiger partial charge in [-0.3, -0.25) is 9.98 Å². The van der Waals surface area contributed by atoms with Gasteiger partial charge in [-0.25, -0.2) is 9.97 Å². The highest BCUT2D eigenvalue weighted by Gasteiger charge is 2.52. The Balaban J connectivity index is 1.15. The third-order valence-corrected chi connectivity index (χ3v) is 16.0. The van der Waals surface area contributed by atoms with Gasteiger partial charge in [0.1, 0.15) is 10.1 Å². The molecule has 4 aromatic carbocycles. The van der Waals surface area contributed by atoms with Crippen molar-refractivity contribution < 1.29 is 0 Å². The Morgan fingerprint density at radius 3 is 1.16 bits per heavy atom. The van der Waals surface area contributed by atoms with Crippen LogP contribution in [0, 0.1) is 0 Å². The van der Waals surface area contributed by atoms with Crippen LogP contribution in [0.2, 0.25) is 0 Å². The highest BCUT2D eigenvalue weighted by atomic mass is 32.2. The maximum absolute atomic E-state index is 5.28. The molecule has 0 bridgehead atoms. The van der Waals surface area contributed by atoms with Gasteiger partial charge in [-0.1, -0.05) is 108 Å². The van der Waals surface area contributed by atoms with Crippen LogP contribution in [0.15, 0.2) is 131 Å². The predicted octanol–water partition coefficient (Wildman–Crippen LogP) is 12.3. The van der Waals surface area contributed by atoms with Crippen LogP contribution in [0.1, 0.15) is 89.0 Å². The van der Waals surface area contributed by atoms with Gasteiger partial charge >= 0.3 is 0 Å². The molecule has 55 heavy (non-hydrogen) atoms. The van der Waals surface area contributed by atoms with Crippen LogP contribution in [0.5, 0.6) is 0 Å². The van der Waals surface area contributed by atoms with Crippen molar-refractivity contribution in [1.29, 1.82) is 0 Å². The second-order valence-electron chi connectivity index (χ2n) is 17.4. The lowest BCUT2D eigenvalue weighted by molar-refractivity contribution is 0.426. The SMILES string of the molecule is CC1(C)N=C(c2cccc(-c3ccc4c(c3)C3(c5ccccc5-c5ccccc53)c3cc(-c5cccc(C6=NC(C)(C)C(C)(C)S6)n5)ccc3-4)n2)SC1(C)C. The van der Waals surface area contributed by atoms with Gasteiger partial charge in [-0.15, -0.1) is 0 Å². The molecule has 1 spiro atoms. The molecule has 0 saturated heterocycles. The first-order chi connectivity index (χ1) is 26.2. The maximum atomic E-state index is 5.28. The third-order valence-electron chi connectivity index (χ3n) is 13.0. The van der Waals surface area contributed by atoms with Crippen LogP contribution in [-0.2, 0) is 5.41 Å². The average Bonchev–Trinajstić information content (AvgIpc) is 3.79. The van der Waals surface area contributed by atoms with E-state index in [0.717, 1.165) is 44.0 Å². The summed E-state index contributed by atoms with van der Waals surface area (Å²) in [4.78, 5) is 20.8. The molecular weight excluding hydrogens is 709 g/mol. The zero-order valence-electron chi connectivity index (χ0n) is 32.7. The van der Waals surface area contributed by atoms with Crippen molar-refractivity contribution in [2.45, 2.75) is 81.4 Å². The number of hydrogen-bond acceptors (Lipinski definition) is 6. The fraction of sp³-hybridized carbons (Fsp3) is 0.265. The fourth-order valence-electron chi connectivity index (χ4n) is 8.66. The molecule has 0 fully saturated rings. The van der Waals surface area contributed by atoms with E-state index < -0.39 is 5.41 Å². The number of nitrogens with zero attached hydrogens (tertiary/aromatic N) is 4. The number of pyridine rings is 2. The Morgan fingerprint density at radius 2 is 0.764 bits per heavy atom. The lowest BCUT2D eigenvalue weighted by atomic mass is 9.70. The molecule has 4 heterocycles. The first-order valence-corrected chi connectivity index (χ1v) is 20.9. The van der Waals surface area contributed by atoms with E-state index in [1.807, 2.05) is 23.5 Å². The van der Waals surface area contributed by atoms with E-state index in [1.54, 1.807) is 0 Å². The van der Waals surface area contributed by atoms with E-state index >= 15 is 0 Å². The van der Waals surface area contributed by atoms with Gasteiger partial charge in [0.05, 0.1) is 39.3 Å². The maximum Gasteiger partial charge on any atom is 0.117 e. The molecule has 6 heteroatoms. The number of aliphatic imine (C=N–C) groups is 2. The second-order valence-corrected chi connectivity index (χ2v) is 20.6. The van der Waals surface area contributed by atoms with Crippen LogP contribution in [-0.4, -0.2) is 40.6 Å². The van der Waals surface area contributed by atoms with Crippen molar-refractivity contribution in [2.75, 3.05) is 0 Å². The second kappa shape index (κ2) is 11.6. The Bertz CT molecular complexity index is 2500. The van der Waals surface area contributed by atoms with Gasteiger partial charge < -0.3 is 0 Å². The van der Waals surface area contributed by atoms with Crippen molar-refractivity contribution in [2.24, 2.45) is 9.98 Å². The Hall–Kier alpha value is -4.78. The molecule has 0 saturated carbocycles. The molecule has 2 aromatic heterocycles. The molecular formula is C49H44N4S2. The molecule has 0 N–H and O–H groups in total. The lowest BCUT2D eigenvalue weighted by Crippen LogP contribution is -2.36. The molecule has 4 nitrogen and oxygen atoms in total. The Morgan fingerprint density at radius 1 is 0.382 bits per heavy atom. The van der Waals surface area contributed by atoms with Gasteiger partial charge in [0.25, 0.3) is 0 Å². The van der Waals surface area contributed by atoms with Gasteiger partial charge in [0, 0.05) is 20.6 Å². The molecule has 10 rings (SSSR count). The van der Waals surface area contributed by atoms with E-state index in [2.05, 4.69) is 177 Å². The molecule has 2 aliphatic carbocycles. The minimum absolute atomic E-state index is 0.0117. The zero-order chi connectivity index (χ0) is 38.1. The smallest absolute Gasteiger partial charge is 0.117 e. The summed E-state index contributed by atoms with van der Waals surface area (Å²) in [7, 11) is 0. The van der Waals surface area contributed by atoms with Crippen LogP contribution < -0.4 is 0 Å². The lowest BCUT2D eigenvalue weighted by Gasteiger charge is -2.31. The fourth-order valence-corrected chi connectivity index (χ4v) is 11.2. The van der Waals surface area contributed by atoms with Crippen molar-refractivity contribution >= 4 is 33.6 Å². The monoisotopic (exact) mass is 752 g/mol. The number of thioether (sulfide) groups is 2. The molecule has 0 radical (unpaired) electrons. The zero-order valence-corrected chi connectivity index (χ0v) is 34.3. The largest absolute Gasteiger partial charge is 0.269 e. The number of hydrogen-bond donors (Lipinski definition) is 0. The quantitative estimate of drug-likeness (QED) is 0.180. The summed E-state index contributed by atoms with van der Waals surface area (Å²) in [6.45, 7) is 18.0. The van der Waals surface area contributed by atoms with Crippen molar-refractivity contribution in [1.82, 2.24) is 9.97 Å². The average molecular weight is 753 g/mol. The summed E-state index contributed by atoms with van der Waals surface area (Å²) in [6, 6.07) is 44.7. The minimum atomic E-state index is -0.502. The van der Waals surface area contributed by atoms with Crippen molar-refractivity contribution in [3.05, 3.63) is 155 Å². The molecule has 0 atom stereocenters. The van der Waals surface area contributed by atoms with Gasteiger partial charge in [-0.05, 0) is 136 Å². The van der Waals surface area contributed by atoms with E-state index in [1.165, 1.54) is 44.5 Å². The summed E-state index contributed by atoms with van der Waals surface area (Å²) < 4.78 is -0.0235. The summed E-state index contributed by atoms with van der Waals surface area (Å²) in [5, 5.41) is 2.02. The van der Waals surface area contributed by atoms with E-state index in [0.29, 0.717) is 0 Å². The van der Waals surface area contributed by atoms with E-state index in [9.17, 15) is 0 Å². The van der Waals surface area contributed by atoms with Crippen LogP contribution >= 0.6 is 23.5 Å². The highest BCUT2D eigenvalue weighted by Crippen LogP contribution is 2.63. The molecule has 0 unspecified atom stereocenters. The predicted molar refractivity (Wildman–Crippen MR) is 234 cm³/mol. The normalized spacial score (nSPS) is 19.7. The third kappa shape index (κ3) is 4.93.